The summed E-state index contributed by atoms with van der Waals surface area (Å²) in [4.78, 5) is 0. The summed E-state index contributed by atoms with van der Waals surface area (Å²) in [6.07, 6.45) is 20.0. The van der Waals surface area contributed by atoms with E-state index in [1.54, 1.807) is 0 Å². The van der Waals surface area contributed by atoms with Gasteiger partial charge in [-0.25, -0.2) is 24.3 Å². The molecule has 0 fully saturated rings. The summed E-state index contributed by atoms with van der Waals surface area (Å²) in [7, 11) is 0. The van der Waals surface area contributed by atoms with Crippen molar-refractivity contribution in [3.05, 3.63) is 63.5 Å². The van der Waals surface area contributed by atoms with E-state index in [1.807, 2.05) is 24.3 Å². The van der Waals surface area contributed by atoms with Gasteiger partial charge in [0.2, 0.25) is 0 Å². The molecule has 13 heavy (non-hydrogen) atoms. The third-order valence-electron chi connectivity index (χ3n) is 1.17. The molecule has 1 heteroatoms. The second-order valence-corrected chi connectivity index (χ2v) is 2.01. The van der Waals surface area contributed by atoms with Crippen molar-refractivity contribution in [2.75, 3.05) is 0 Å². The average molecular weight is 216 g/mol. The Morgan fingerprint density at radius 1 is 0.769 bits per heavy atom. The van der Waals surface area contributed by atoms with Crippen LogP contribution in [0.1, 0.15) is 12.8 Å². The molecule has 0 saturated carbocycles. The summed E-state index contributed by atoms with van der Waals surface area (Å²) in [5.74, 6) is 0. The van der Waals surface area contributed by atoms with Crippen LogP contribution < -0.4 is 0 Å². The van der Waals surface area contributed by atoms with Crippen molar-refractivity contribution in [2.24, 2.45) is 0 Å². The topological polar surface area (TPSA) is 0 Å². The predicted molar refractivity (Wildman–Crippen MR) is 56.0 cm³/mol. The Balaban J connectivity index is -0.000000125. The molecule has 0 saturated heterocycles. The van der Waals surface area contributed by atoms with Gasteiger partial charge in [-0.05, 0) is 0 Å². The molecule has 0 spiro atoms. The molecule has 0 nitrogen and oxygen atoms in total. The Labute approximate surface area is 93.6 Å². The third kappa shape index (κ3) is 11.5. The Morgan fingerprint density at radius 2 is 1.15 bits per heavy atom. The van der Waals surface area contributed by atoms with Crippen LogP contribution >= 0.6 is 0 Å². The second kappa shape index (κ2) is 14.0. The minimum Gasteiger partial charge on any atom is -0.358 e. The van der Waals surface area contributed by atoms with E-state index in [0.717, 1.165) is 12.8 Å². The Hall–Kier alpha value is -0.521. The SMILES string of the molecule is [C-]1=CC=CC1.[C-]1=CC=CC1.[CH3-].[CH3-].[Fe+4]. The van der Waals surface area contributed by atoms with Crippen LogP contribution in [0.3, 0.4) is 0 Å². The van der Waals surface area contributed by atoms with E-state index in [0.29, 0.717) is 0 Å². The van der Waals surface area contributed by atoms with Crippen molar-refractivity contribution < 1.29 is 17.1 Å². The van der Waals surface area contributed by atoms with Crippen molar-refractivity contribution in [2.45, 2.75) is 12.8 Å². The smallest absolute Gasteiger partial charge is 0.358 e. The van der Waals surface area contributed by atoms with Gasteiger partial charge >= 0.3 is 17.1 Å². The van der Waals surface area contributed by atoms with Crippen LogP contribution in [0.4, 0.5) is 0 Å². The summed E-state index contributed by atoms with van der Waals surface area (Å²) in [5.41, 5.74) is 0. The first-order valence-corrected chi connectivity index (χ1v) is 3.43. The molecule has 0 aromatic carbocycles. The van der Waals surface area contributed by atoms with Gasteiger partial charge in [0.05, 0.1) is 0 Å². The minimum atomic E-state index is 0. The molecule has 0 unspecified atom stereocenters. The van der Waals surface area contributed by atoms with Gasteiger partial charge in [-0.15, -0.1) is 12.8 Å². The van der Waals surface area contributed by atoms with Gasteiger partial charge in [0.25, 0.3) is 0 Å². The summed E-state index contributed by atoms with van der Waals surface area (Å²) < 4.78 is 0. The van der Waals surface area contributed by atoms with Crippen LogP contribution in [0.2, 0.25) is 0 Å². The Morgan fingerprint density at radius 3 is 1.23 bits per heavy atom. The van der Waals surface area contributed by atoms with E-state index in [2.05, 4.69) is 24.3 Å². The molecule has 0 atom stereocenters. The van der Waals surface area contributed by atoms with Crippen molar-refractivity contribution in [1.82, 2.24) is 0 Å². The minimum absolute atomic E-state index is 0. The molecule has 2 aliphatic rings. The fourth-order valence-electron chi connectivity index (χ4n) is 0.680. The summed E-state index contributed by atoms with van der Waals surface area (Å²) >= 11 is 0. The molecular formula is C12H16Fe. The third-order valence-corrected chi connectivity index (χ3v) is 1.17. The summed E-state index contributed by atoms with van der Waals surface area (Å²) in [6.45, 7) is 0. The van der Waals surface area contributed by atoms with E-state index in [4.69, 9.17) is 0 Å². The number of hydrogen-bond donors (Lipinski definition) is 0. The molecule has 0 N–H and O–H groups in total. The molecule has 0 aliphatic heterocycles. The van der Waals surface area contributed by atoms with Crippen molar-refractivity contribution in [3.8, 4) is 0 Å². The fourth-order valence-corrected chi connectivity index (χ4v) is 0.680. The van der Waals surface area contributed by atoms with Crippen molar-refractivity contribution >= 4 is 0 Å². The quantitative estimate of drug-likeness (QED) is 0.429. The molecule has 0 heterocycles. The largest absolute Gasteiger partial charge is 4.00 e. The predicted octanol–water partition coefficient (Wildman–Crippen LogP) is 3.51. The zero-order valence-corrected chi connectivity index (χ0v) is 9.34. The van der Waals surface area contributed by atoms with Crippen molar-refractivity contribution in [3.63, 3.8) is 0 Å². The van der Waals surface area contributed by atoms with Gasteiger partial charge in [0, 0.05) is 0 Å². The van der Waals surface area contributed by atoms with E-state index >= 15 is 0 Å². The Kier molecular flexibility index (Phi) is 19.7. The van der Waals surface area contributed by atoms with Crippen LogP contribution in [0.5, 0.6) is 0 Å². The average Bonchev–Trinajstić information content (AvgIpc) is 2.67. The number of rotatable bonds is 0. The van der Waals surface area contributed by atoms with E-state index in [9.17, 15) is 0 Å². The zero-order valence-electron chi connectivity index (χ0n) is 8.23. The van der Waals surface area contributed by atoms with Crippen LogP contribution in [-0.4, -0.2) is 0 Å². The number of allylic oxidation sites excluding steroid dienone is 8. The van der Waals surface area contributed by atoms with Gasteiger partial charge in [-0.1, -0.05) is 0 Å². The molecule has 0 amide bonds. The van der Waals surface area contributed by atoms with Crippen LogP contribution in [-0.2, 0) is 17.1 Å². The normalized spacial score (nSPS) is 13.5. The summed E-state index contributed by atoms with van der Waals surface area (Å²) in [6, 6.07) is 0. The van der Waals surface area contributed by atoms with Gasteiger partial charge in [-0.3, -0.25) is 12.2 Å². The van der Waals surface area contributed by atoms with Gasteiger partial charge in [0.1, 0.15) is 0 Å². The molecular weight excluding hydrogens is 200 g/mol. The standard InChI is InChI=1S/2C5H5.2CH3.Fe/c2*1-2-4-5-3-1;;;/h2*1-3H,4H2;2*1H3;/q4*-1;+4. The second-order valence-electron chi connectivity index (χ2n) is 2.01. The van der Waals surface area contributed by atoms with E-state index < -0.39 is 0 Å². The zero-order chi connectivity index (χ0) is 7.07. The first-order chi connectivity index (χ1) is 5.00. The van der Waals surface area contributed by atoms with E-state index in [-0.39, 0.29) is 31.9 Å². The maximum absolute atomic E-state index is 2.99. The molecule has 0 aromatic heterocycles. The van der Waals surface area contributed by atoms with Gasteiger partial charge in [-0.2, -0.15) is 12.2 Å². The molecule has 0 aromatic rings. The summed E-state index contributed by atoms with van der Waals surface area (Å²) in [5, 5.41) is 0. The van der Waals surface area contributed by atoms with Crippen LogP contribution in [0, 0.1) is 27.0 Å². The first-order valence-electron chi connectivity index (χ1n) is 3.43. The fraction of sp³-hybridized carbons (Fsp3) is 0.167. The molecule has 0 radical (unpaired) electrons. The van der Waals surface area contributed by atoms with Gasteiger partial charge < -0.3 is 14.9 Å². The Bertz CT molecular complexity index is 143. The first kappa shape index (κ1) is 18.3. The van der Waals surface area contributed by atoms with E-state index in [1.165, 1.54) is 0 Å². The monoisotopic (exact) mass is 216 g/mol. The molecule has 2 aliphatic carbocycles. The van der Waals surface area contributed by atoms with Crippen molar-refractivity contribution in [1.29, 1.82) is 0 Å². The molecule has 2 rings (SSSR count). The maximum atomic E-state index is 2.99. The van der Waals surface area contributed by atoms with Gasteiger partial charge in [0.15, 0.2) is 0 Å². The number of hydrogen-bond acceptors (Lipinski definition) is 0. The maximum Gasteiger partial charge on any atom is 4.00 e. The molecule has 0 bridgehead atoms. The molecule has 72 valence electrons. The van der Waals surface area contributed by atoms with Crippen LogP contribution in [0.15, 0.2) is 36.5 Å². The van der Waals surface area contributed by atoms with Crippen LogP contribution in [0.25, 0.3) is 0 Å².